The van der Waals surface area contributed by atoms with Crippen LogP contribution in [0.25, 0.3) is 11.0 Å². The Bertz CT molecular complexity index is 958. The van der Waals surface area contributed by atoms with Crippen LogP contribution >= 0.6 is 23.4 Å². The molecule has 0 bridgehead atoms. The molecule has 0 saturated carbocycles. The Morgan fingerprint density at radius 2 is 2.22 bits per heavy atom. The first-order chi connectivity index (χ1) is 12.7. The van der Waals surface area contributed by atoms with E-state index < -0.39 is 9.84 Å². The summed E-state index contributed by atoms with van der Waals surface area (Å²) in [4.78, 5) is 19.1. The van der Waals surface area contributed by atoms with Crippen LogP contribution in [0.1, 0.15) is 26.7 Å². The molecule has 1 saturated heterocycles. The molecule has 2 unspecified atom stereocenters. The molecule has 1 fully saturated rings. The first-order valence-electron chi connectivity index (χ1n) is 9.01. The van der Waals surface area contributed by atoms with Crippen molar-refractivity contribution in [2.75, 3.05) is 18.6 Å². The largest absolute Gasteiger partial charge is 0.341 e. The van der Waals surface area contributed by atoms with Crippen molar-refractivity contribution in [3.63, 3.8) is 0 Å². The minimum Gasteiger partial charge on any atom is -0.341 e. The van der Waals surface area contributed by atoms with Crippen molar-refractivity contribution >= 4 is 50.1 Å². The minimum absolute atomic E-state index is 0.0550. The molecule has 148 valence electrons. The maximum atomic E-state index is 12.8. The van der Waals surface area contributed by atoms with Gasteiger partial charge in [-0.2, -0.15) is 0 Å². The monoisotopic (exact) mass is 429 g/mol. The fraction of sp³-hybridized carbons (Fsp3) is 0.556. The standard InChI is InChI=1S/C18H24ClN3O3S2/c1-4-8-22-16-6-5-13(19)10-15(16)20-18(22)26-12(2)17(23)21(3)14-7-9-27(24,25)11-14/h5-6,10,12,14H,4,7-9,11H2,1-3H3. The first-order valence-corrected chi connectivity index (χ1v) is 12.1. The van der Waals surface area contributed by atoms with E-state index in [9.17, 15) is 13.2 Å². The van der Waals surface area contributed by atoms with Crippen LogP contribution in [-0.4, -0.2) is 58.6 Å². The van der Waals surface area contributed by atoms with Crippen LogP contribution < -0.4 is 0 Å². The van der Waals surface area contributed by atoms with Gasteiger partial charge in [0.25, 0.3) is 0 Å². The predicted molar refractivity (Wildman–Crippen MR) is 110 cm³/mol. The van der Waals surface area contributed by atoms with Gasteiger partial charge in [-0.15, -0.1) is 0 Å². The van der Waals surface area contributed by atoms with Crippen molar-refractivity contribution in [3.05, 3.63) is 23.2 Å². The summed E-state index contributed by atoms with van der Waals surface area (Å²) < 4.78 is 25.5. The van der Waals surface area contributed by atoms with Crippen molar-refractivity contribution in [2.45, 2.75) is 49.7 Å². The number of benzene rings is 1. The van der Waals surface area contributed by atoms with E-state index in [0.717, 1.165) is 29.2 Å². The number of aryl methyl sites for hydroxylation is 1. The molecule has 0 spiro atoms. The highest BCUT2D eigenvalue weighted by Gasteiger charge is 2.34. The van der Waals surface area contributed by atoms with Gasteiger partial charge in [0.2, 0.25) is 5.91 Å². The van der Waals surface area contributed by atoms with Gasteiger partial charge in [-0.05, 0) is 38.0 Å². The van der Waals surface area contributed by atoms with Crippen molar-refractivity contribution in [1.82, 2.24) is 14.5 Å². The van der Waals surface area contributed by atoms with Gasteiger partial charge >= 0.3 is 0 Å². The van der Waals surface area contributed by atoms with Gasteiger partial charge in [0.05, 0.1) is 27.8 Å². The molecule has 1 amide bonds. The molecule has 6 nitrogen and oxygen atoms in total. The summed E-state index contributed by atoms with van der Waals surface area (Å²) >= 11 is 7.49. The number of hydrogen-bond donors (Lipinski definition) is 0. The number of sulfone groups is 1. The summed E-state index contributed by atoms with van der Waals surface area (Å²) in [7, 11) is -1.33. The topological polar surface area (TPSA) is 72.3 Å². The Kier molecular flexibility index (Phi) is 6.08. The highest BCUT2D eigenvalue weighted by molar-refractivity contribution is 8.00. The van der Waals surface area contributed by atoms with Crippen molar-refractivity contribution in [1.29, 1.82) is 0 Å². The van der Waals surface area contributed by atoms with Gasteiger partial charge in [0, 0.05) is 24.7 Å². The quantitative estimate of drug-likeness (QED) is 0.659. The Morgan fingerprint density at radius 1 is 1.48 bits per heavy atom. The number of rotatable bonds is 6. The molecule has 0 N–H and O–H groups in total. The van der Waals surface area contributed by atoms with Crippen LogP contribution in [0, 0.1) is 0 Å². The number of amides is 1. The average molecular weight is 430 g/mol. The SMILES string of the molecule is CCCn1c(SC(C)C(=O)N(C)C2CCS(=O)(=O)C2)nc2cc(Cl)ccc21. The third-order valence-electron chi connectivity index (χ3n) is 4.86. The summed E-state index contributed by atoms with van der Waals surface area (Å²) in [6.07, 6.45) is 1.46. The summed E-state index contributed by atoms with van der Waals surface area (Å²) in [6.45, 7) is 4.74. The second-order valence-corrected chi connectivity index (χ2v) is 10.9. The van der Waals surface area contributed by atoms with E-state index in [-0.39, 0.29) is 28.7 Å². The van der Waals surface area contributed by atoms with E-state index in [1.54, 1.807) is 11.9 Å². The number of aromatic nitrogens is 2. The Balaban J connectivity index is 1.79. The van der Waals surface area contributed by atoms with Crippen molar-refractivity contribution in [3.8, 4) is 0 Å². The summed E-state index contributed by atoms with van der Waals surface area (Å²) in [5.41, 5.74) is 1.81. The third-order valence-corrected chi connectivity index (χ3v) is 7.92. The fourth-order valence-corrected chi connectivity index (χ4v) is 6.36. The molecule has 9 heteroatoms. The van der Waals surface area contributed by atoms with Gasteiger partial charge in [0.15, 0.2) is 15.0 Å². The molecule has 27 heavy (non-hydrogen) atoms. The van der Waals surface area contributed by atoms with Crippen LogP contribution in [0.5, 0.6) is 0 Å². The second-order valence-electron chi connectivity index (χ2n) is 6.95. The van der Waals surface area contributed by atoms with E-state index in [0.29, 0.717) is 11.4 Å². The van der Waals surface area contributed by atoms with Gasteiger partial charge in [-0.3, -0.25) is 4.79 Å². The first kappa shape index (κ1) is 20.5. The van der Waals surface area contributed by atoms with Gasteiger partial charge in [-0.1, -0.05) is 30.3 Å². The molecule has 2 aromatic rings. The highest BCUT2D eigenvalue weighted by atomic mass is 35.5. The molecular weight excluding hydrogens is 406 g/mol. The smallest absolute Gasteiger partial charge is 0.235 e. The number of thioether (sulfide) groups is 1. The lowest BCUT2D eigenvalue weighted by molar-refractivity contribution is -0.130. The number of hydrogen-bond acceptors (Lipinski definition) is 5. The number of carbonyl (C=O) groups excluding carboxylic acids is 1. The fourth-order valence-electron chi connectivity index (χ4n) is 3.37. The second kappa shape index (κ2) is 8.01. The van der Waals surface area contributed by atoms with E-state index >= 15 is 0 Å². The van der Waals surface area contributed by atoms with Gasteiger partial charge in [0.1, 0.15) is 0 Å². The molecule has 1 aromatic carbocycles. The van der Waals surface area contributed by atoms with Gasteiger partial charge < -0.3 is 9.47 Å². The zero-order valence-electron chi connectivity index (χ0n) is 15.7. The van der Waals surface area contributed by atoms with E-state index in [1.165, 1.54) is 11.8 Å². The third kappa shape index (κ3) is 4.43. The maximum Gasteiger partial charge on any atom is 0.235 e. The summed E-state index contributed by atoms with van der Waals surface area (Å²) in [5.74, 6) is 0.138. The van der Waals surface area contributed by atoms with E-state index in [2.05, 4.69) is 16.5 Å². The lowest BCUT2D eigenvalue weighted by Crippen LogP contribution is -2.41. The maximum absolute atomic E-state index is 12.8. The number of imidazole rings is 1. The number of fused-ring (bicyclic) bond motifs is 1. The molecular formula is C18H24ClN3O3S2. The van der Waals surface area contributed by atoms with Crippen LogP contribution in [0.2, 0.25) is 5.02 Å². The molecule has 2 heterocycles. The van der Waals surface area contributed by atoms with Crippen molar-refractivity contribution < 1.29 is 13.2 Å². The molecule has 1 aromatic heterocycles. The van der Waals surface area contributed by atoms with Gasteiger partial charge in [-0.25, -0.2) is 13.4 Å². The minimum atomic E-state index is -3.02. The molecule has 0 radical (unpaired) electrons. The van der Waals surface area contributed by atoms with Crippen LogP contribution in [-0.2, 0) is 21.2 Å². The van der Waals surface area contributed by atoms with E-state index in [1.807, 2.05) is 25.1 Å². The van der Waals surface area contributed by atoms with Crippen LogP contribution in [0.4, 0.5) is 0 Å². The summed E-state index contributed by atoms with van der Waals surface area (Å²) in [5, 5.41) is 1.05. The zero-order valence-corrected chi connectivity index (χ0v) is 18.1. The number of carbonyl (C=O) groups is 1. The van der Waals surface area contributed by atoms with E-state index in [4.69, 9.17) is 11.6 Å². The number of halogens is 1. The highest BCUT2D eigenvalue weighted by Crippen LogP contribution is 2.30. The van der Waals surface area contributed by atoms with Crippen molar-refractivity contribution in [2.24, 2.45) is 0 Å². The Labute approximate surface area is 169 Å². The average Bonchev–Trinajstić information content (AvgIpc) is 3.13. The Morgan fingerprint density at radius 3 is 2.85 bits per heavy atom. The Hall–Kier alpha value is -1.25. The van der Waals surface area contributed by atoms with Crippen LogP contribution in [0.15, 0.2) is 23.4 Å². The molecule has 3 rings (SSSR count). The number of nitrogens with zero attached hydrogens (tertiary/aromatic N) is 3. The lowest BCUT2D eigenvalue weighted by atomic mass is 10.2. The summed E-state index contributed by atoms with van der Waals surface area (Å²) in [6, 6.07) is 5.38. The molecule has 1 aliphatic rings. The zero-order chi connectivity index (χ0) is 19.8. The molecule has 2 atom stereocenters. The van der Waals surface area contributed by atoms with Crippen LogP contribution in [0.3, 0.4) is 0 Å². The lowest BCUT2D eigenvalue weighted by Gasteiger charge is -2.26. The molecule has 0 aliphatic carbocycles. The normalized spacial score (nSPS) is 20.1. The molecule has 1 aliphatic heterocycles. The predicted octanol–water partition coefficient (Wildman–Crippen LogP) is 3.23.